The summed E-state index contributed by atoms with van der Waals surface area (Å²) in [6, 6.07) is 15.3. The summed E-state index contributed by atoms with van der Waals surface area (Å²) in [4.78, 5) is 53.1. The lowest BCUT2D eigenvalue weighted by Crippen LogP contribution is -2.48. The molecular formula is C30H22O4. The number of allylic oxidation sites excluding steroid dienone is 9. The molecule has 0 bridgehead atoms. The minimum absolute atomic E-state index is 0.0990. The fourth-order valence-corrected chi connectivity index (χ4v) is 5.16. The van der Waals surface area contributed by atoms with Gasteiger partial charge >= 0.3 is 0 Å². The van der Waals surface area contributed by atoms with E-state index in [-0.39, 0.29) is 28.5 Å². The van der Waals surface area contributed by atoms with Gasteiger partial charge in [-0.1, -0.05) is 60.7 Å². The molecule has 0 aromatic heterocycles. The van der Waals surface area contributed by atoms with Crippen molar-refractivity contribution in [1.29, 1.82) is 0 Å². The van der Waals surface area contributed by atoms with Crippen molar-refractivity contribution in [2.75, 3.05) is 0 Å². The van der Waals surface area contributed by atoms with Crippen LogP contribution in [-0.2, 0) is 19.2 Å². The molecule has 2 unspecified atom stereocenters. The van der Waals surface area contributed by atoms with Gasteiger partial charge in [0, 0.05) is 11.1 Å². The molecule has 166 valence electrons. The van der Waals surface area contributed by atoms with Gasteiger partial charge in [0.05, 0.1) is 11.3 Å². The Morgan fingerprint density at radius 1 is 0.765 bits per heavy atom. The van der Waals surface area contributed by atoms with Gasteiger partial charge in [-0.05, 0) is 72.1 Å². The molecule has 0 N–H and O–H groups in total. The number of rotatable bonds is 3. The normalized spacial score (nSPS) is 23.9. The smallest absolute Gasteiger partial charge is 0.186 e. The maximum atomic E-state index is 13.8. The van der Waals surface area contributed by atoms with Crippen molar-refractivity contribution < 1.29 is 19.2 Å². The van der Waals surface area contributed by atoms with Gasteiger partial charge < -0.3 is 0 Å². The van der Waals surface area contributed by atoms with Gasteiger partial charge in [-0.25, -0.2) is 0 Å². The monoisotopic (exact) mass is 446 g/mol. The first kappa shape index (κ1) is 21.7. The summed E-state index contributed by atoms with van der Waals surface area (Å²) in [6.07, 6.45) is 10.2. The molecule has 0 amide bonds. The quantitative estimate of drug-likeness (QED) is 0.640. The standard InChI is InChI=1S/C30H22O4/c1-18-7-3-5-9-20(18)15-16-30-23(21-10-6-4-8-19(21)2)17-22-24(31)11-12-25(32)28(22)29(30)26(33)13-14-27(30)34/h3-17,29H,1-2H3/b16-15+. The highest BCUT2D eigenvalue weighted by atomic mass is 16.1. The third-order valence-corrected chi connectivity index (χ3v) is 6.93. The zero-order valence-corrected chi connectivity index (χ0v) is 18.9. The molecule has 3 aliphatic carbocycles. The van der Waals surface area contributed by atoms with Gasteiger partial charge in [0.25, 0.3) is 0 Å². The van der Waals surface area contributed by atoms with Crippen molar-refractivity contribution in [2.45, 2.75) is 13.8 Å². The number of ketones is 4. The Hall–Kier alpha value is -4.18. The average Bonchev–Trinajstić information content (AvgIpc) is 2.83. The second-order valence-corrected chi connectivity index (χ2v) is 8.85. The summed E-state index contributed by atoms with van der Waals surface area (Å²) in [7, 11) is 0. The van der Waals surface area contributed by atoms with E-state index in [2.05, 4.69) is 0 Å². The van der Waals surface area contributed by atoms with Crippen molar-refractivity contribution in [2.24, 2.45) is 11.3 Å². The van der Waals surface area contributed by atoms with Crippen LogP contribution >= 0.6 is 0 Å². The van der Waals surface area contributed by atoms with Gasteiger partial charge in [-0.2, -0.15) is 0 Å². The lowest BCUT2D eigenvalue weighted by Gasteiger charge is -2.44. The summed E-state index contributed by atoms with van der Waals surface area (Å²) < 4.78 is 0. The molecule has 0 saturated carbocycles. The molecule has 4 nitrogen and oxygen atoms in total. The van der Waals surface area contributed by atoms with Crippen molar-refractivity contribution >= 4 is 34.8 Å². The molecular weight excluding hydrogens is 424 g/mol. The van der Waals surface area contributed by atoms with E-state index in [1.54, 1.807) is 12.2 Å². The van der Waals surface area contributed by atoms with Gasteiger partial charge in [0.2, 0.25) is 0 Å². The zero-order chi connectivity index (χ0) is 24.0. The van der Waals surface area contributed by atoms with Crippen LogP contribution in [0.3, 0.4) is 0 Å². The predicted molar refractivity (Wildman–Crippen MR) is 131 cm³/mol. The number of hydrogen-bond acceptors (Lipinski definition) is 4. The van der Waals surface area contributed by atoms with Crippen LogP contribution in [0.25, 0.3) is 11.6 Å². The number of hydrogen-bond donors (Lipinski definition) is 0. The molecule has 0 spiro atoms. The molecule has 0 heterocycles. The van der Waals surface area contributed by atoms with E-state index in [0.717, 1.165) is 22.3 Å². The minimum atomic E-state index is -1.44. The number of aryl methyl sites for hydroxylation is 2. The van der Waals surface area contributed by atoms with Crippen LogP contribution < -0.4 is 0 Å². The van der Waals surface area contributed by atoms with Crippen LogP contribution in [0, 0.1) is 25.2 Å². The Bertz CT molecular complexity index is 1440. The maximum Gasteiger partial charge on any atom is 0.186 e. The topological polar surface area (TPSA) is 68.3 Å². The number of carbonyl (C=O) groups is 4. The molecule has 0 aliphatic heterocycles. The summed E-state index contributed by atoms with van der Waals surface area (Å²) in [5.41, 5.74) is 2.98. The van der Waals surface area contributed by atoms with Crippen LogP contribution in [0.4, 0.5) is 0 Å². The van der Waals surface area contributed by atoms with Crippen LogP contribution in [0.2, 0.25) is 0 Å². The molecule has 3 aliphatic rings. The Labute approximate surface area is 197 Å². The second-order valence-electron chi connectivity index (χ2n) is 8.85. The average molecular weight is 447 g/mol. The van der Waals surface area contributed by atoms with E-state index in [1.165, 1.54) is 24.3 Å². The van der Waals surface area contributed by atoms with E-state index in [9.17, 15) is 19.2 Å². The van der Waals surface area contributed by atoms with Crippen molar-refractivity contribution in [3.05, 3.63) is 118 Å². The molecule has 4 heteroatoms. The van der Waals surface area contributed by atoms with E-state index in [4.69, 9.17) is 0 Å². The fraction of sp³-hybridized carbons (Fsp3) is 0.133. The Kier molecular flexibility index (Phi) is 5.09. The highest BCUT2D eigenvalue weighted by molar-refractivity contribution is 6.29. The molecule has 34 heavy (non-hydrogen) atoms. The lowest BCUT2D eigenvalue weighted by molar-refractivity contribution is -0.130. The first-order chi connectivity index (χ1) is 16.3. The van der Waals surface area contributed by atoms with Gasteiger partial charge in [-0.3, -0.25) is 19.2 Å². The lowest BCUT2D eigenvalue weighted by atomic mass is 9.54. The Balaban J connectivity index is 1.86. The minimum Gasteiger partial charge on any atom is -0.294 e. The molecule has 5 rings (SSSR count). The summed E-state index contributed by atoms with van der Waals surface area (Å²) >= 11 is 0. The van der Waals surface area contributed by atoms with Crippen LogP contribution in [-0.4, -0.2) is 23.1 Å². The first-order valence-corrected chi connectivity index (χ1v) is 11.1. The summed E-state index contributed by atoms with van der Waals surface area (Å²) in [6.45, 7) is 3.89. The molecule has 0 saturated heterocycles. The zero-order valence-electron chi connectivity index (χ0n) is 18.9. The summed E-state index contributed by atoms with van der Waals surface area (Å²) in [5, 5.41) is 0. The first-order valence-electron chi connectivity index (χ1n) is 11.1. The highest BCUT2D eigenvalue weighted by Crippen LogP contribution is 2.54. The van der Waals surface area contributed by atoms with E-state index < -0.39 is 17.1 Å². The Morgan fingerprint density at radius 3 is 2.18 bits per heavy atom. The molecule has 2 atom stereocenters. The van der Waals surface area contributed by atoms with E-state index in [1.807, 2.05) is 68.5 Å². The van der Waals surface area contributed by atoms with Gasteiger partial charge in [-0.15, -0.1) is 0 Å². The molecule has 0 fully saturated rings. The third kappa shape index (κ3) is 3.14. The third-order valence-electron chi connectivity index (χ3n) is 6.93. The Morgan fingerprint density at radius 2 is 1.44 bits per heavy atom. The fourth-order valence-electron chi connectivity index (χ4n) is 5.16. The van der Waals surface area contributed by atoms with Crippen molar-refractivity contribution in [3.63, 3.8) is 0 Å². The van der Waals surface area contributed by atoms with E-state index >= 15 is 0 Å². The number of carbonyl (C=O) groups excluding carboxylic acids is 4. The maximum absolute atomic E-state index is 13.8. The number of fused-ring (bicyclic) bond motifs is 2. The SMILES string of the molecule is Cc1ccccc1/C=C/C12C(=O)C=CC(=O)C1C1=C(C=C2c2ccccc2C)C(=O)C=CC1=O. The highest BCUT2D eigenvalue weighted by Gasteiger charge is 2.56. The van der Waals surface area contributed by atoms with Crippen molar-refractivity contribution in [1.82, 2.24) is 0 Å². The van der Waals surface area contributed by atoms with Gasteiger partial charge in [0.1, 0.15) is 0 Å². The number of benzene rings is 2. The largest absolute Gasteiger partial charge is 0.294 e. The molecule has 0 radical (unpaired) electrons. The molecule has 2 aromatic carbocycles. The summed E-state index contributed by atoms with van der Waals surface area (Å²) in [5.74, 6) is -2.52. The predicted octanol–water partition coefficient (Wildman–Crippen LogP) is 4.73. The van der Waals surface area contributed by atoms with Gasteiger partial charge in [0.15, 0.2) is 23.1 Å². The van der Waals surface area contributed by atoms with Crippen LogP contribution in [0.1, 0.15) is 22.3 Å². The van der Waals surface area contributed by atoms with Crippen LogP contribution in [0.5, 0.6) is 0 Å². The second kappa shape index (κ2) is 7.99. The molecule has 2 aromatic rings. The van der Waals surface area contributed by atoms with Crippen molar-refractivity contribution in [3.8, 4) is 0 Å². The van der Waals surface area contributed by atoms with E-state index in [0.29, 0.717) is 5.57 Å². The van der Waals surface area contributed by atoms with Crippen LogP contribution in [0.15, 0.2) is 96.1 Å².